The Morgan fingerprint density at radius 3 is 2.71 bits per heavy atom. The molecule has 0 aliphatic rings. The number of hydrogen-bond donors (Lipinski definition) is 1. The lowest BCUT2D eigenvalue weighted by Crippen LogP contribution is -2.07. The zero-order valence-corrected chi connectivity index (χ0v) is 12.6. The maximum Gasteiger partial charge on any atom is 0.133 e. The summed E-state index contributed by atoms with van der Waals surface area (Å²) in [6.07, 6.45) is 3.27. The number of aromatic nitrogens is 2. The molecule has 0 bridgehead atoms. The quantitative estimate of drug-likeness (QED) is 0.881. The molecule has 0 atom stereocenters. The first-order valence-corrected chi connectivity index (χ1v) is 7.12. The second kappa shape index (κ2) is 7.02. The van der Waals surface area contributed by atoms with Gasteiger partial charge in [0.25, 0.3) is 0 Å². The molecule has 0 saturated heterocycles. The van der Waals surface area contributed by atoms with Gasteiger partial charge >= 0.3 is 0 Å². The smallest absolute Gasteiger partial charge is 0.133 e. The fourth-order valence-electron chi connectivity index (χ4n) is 2.32. The van der Waals surface area contributed by atoms with E-state index in [0.29, 0.717) is 11.3 Å². The summed E-state index contributed by atoms with van der Waals surface area (Å²) >= 11 is 0. The molecule has 1 heterocycles. The molecule has 0 unspecified atom stereocenters. The van der Waals surface area contributed by atoms with Gasteiger partial charge in [-0.25, -0.2) is 14.4 Å². The van der Waals surface area contributed by atoms with Crippen molar-refractivity contribution in [1.29, 1.82) is 0 Å². The monoisotopic (exact) mass is 289 g/mol. The lowest BCUT2D eigenvalue weighted by Gasteiger charge is -2.15. The van der Waals surface area contributed by atoms with E-state index in [1.807, 2.05) is 6.92 Å². The number of rotatable bonds is 6. The molecule has 0 aliphatic carbocycles. The van der Waals surface area contributed by atoms with Crippen molar-refractivity contribution in [2.24, 2.45) is 0 Å². The Bertz CT molecular complexity index is 616. The van der Waals surface area contributed by atoms with Crippen LogP contribution in [0.5, 0.6) is 5.75 Å². The van der Waals surface area contributed by atoms with Crippen molar-refractivity contribution in [3.8, 4) is 17.0 Å². The summed E-state index contributed by atoms with van der Waals surface area (Å²) in [5, 5.41) is 3.24. The highest BCUT2D eigenvalue weighted by Crippen LogP contribution is 2.34. The van der Waals surface area contributed by atoms with Crippen LogP contribution < -0.4 is 10.1 Å². The maximum atomic E-state index is 13.6. The number of ether oxygens (including phenoxy) is 1. The van der Waals surface area contributed by atoms with Gasteiger partial charge < -0.3 is 10.1 Å². The van der Waals surface area contributed by atoms with Crippen molar-refractivity contribution in [2.45, 2.75) is 26.7 Å². The van der Waals surface area contributed by atoms with Crippen molar-refractivity contribution in [3.05, 3.63) is 35.9 Å². The van der Waals surface area contributed by atoms with Gasteiger partial charge in [0.2, 0.25) is 0 Å². The molecule has 0 aliphatic heterocycles. The number of methoxy groups -OCH3 is 1. The molecule has 21 heavy (non-hydrogen) atoms. The van der Waals surface area contributed by atoms with E-state index in [-0.39, 0.29) is 5.82 Å². The zero-order chi connectivity index (χ0) is 15.2. The van der Waals surface area contributed by atoms with E-state index in [1.54, 1.807) is 13.2 Å². The van der Waals surface area contributed by atoms with Gasteiger partial charge in [-0.1, -0.05) is 13.3 Å². The molecular weight excluding hydrogens is 269 g/mol. The number of hydrogen-bond acceptors (Lipinski definition) is 4. The Hall–Kier alpha value is -2.17. The first kappa shape index (κ1) is 15.2. The third-order valence-corrected chi connectivity index (χ3v) is 3.21. The van der Waals surface area contributed by atoms with Gasteiger partial charge in [0, 0.05) is 17.7 Å². The molecule has 1 aromatic heterocycles. The van der Waals surface area contributed by atoms with Crippen LogP contribution in [-0.2, 0) is 6.42 Å². The van der Waals surface area contributed by atoms with Crippen LogP contribution in [0.15, 0.2) is 24.5 Å². The van der Waals surface area contributed by atoms with E-state index in [1.165, 1.54) is 18.5 Å². The molecule has 0 amide bonds. The molecule has 112 valence electrons. The fraction of sp³-hybridized carbons (Fsp3) is 0.375. The maximum absolute atomic E-state index is 13.6. The Labute approximate surface area is 124 Å². The first-order valence-electron chi connectivity index (χ1n) is 7.12. The highest BCUT2D eigenvalue weighted by Gasteiger charge is 2.16. The molecule has 4 nitrogen and oxygen atoms in total. The third kappa shape index (κ3) is 3.29. The van der Waals surface area contributed by atoms with Gasteiger partial charge in [0.15, 0.2) is 0 Å². The minimum absolute atomic E-state index is 0.308. The van der Waals surface area contributed by atoms with Crippen molar-refractivity contribution in [3.63, 3.8) is 0 Å². The lowest BCUT2D eigenvalue weighted by molar-refractivity contribution is 0.415. The summed E-state index contributed by atoms with van der Waals surface area (Å²) in [6.45, 7) is 4.88. The van der Waals surface area contributed by atoms with Crippen LogP contribution in [0.1, 0.15) is 25.8 Å². The van der Waals surface area contributed by atoms with Crippen LogP contribution in [0.2, 0.25) is 0 Å². The van der Waals surface area contributed by atoms with E-state index in [9.17, 15) is 4.39 Å². The predicted molar refractivity (Wildman–Crippen MR) is 82.1 cm³/mol. The molecule has 2 aromatic rings. The van der Waals surface area contributed by atoms with E-state index >= 15 is 0 Å². The normalized spacial score (nSPS) is 10.5. The van der Waals surface area contributed by atoms with Crippen LogP contribution in [0.4, 0.5) is 10.2 Å². The third-order valence-electron chi connectivity index (χ3n) is 3.21. The molecule has 0 radical (unpaired) electrons. The number of anilines is 1. The van der Waals surface area contributed by atoms with Crippen LogP contribution in [0.25, 0.3) is 11.3 Å². The summed E-state index contributed by atoms with van der Waals surface area (Å²) < 4.78 is 19.0. The van der Waals surface area contributed by atoms with Gasteiger partial charge in [-0.3, -0.25) is 0 Å². The minimum atomic E-state index is -0.308. The average molecular weight is 289 g/mol. The highest BCUT2D eigenvalue weighted by molar-refractivity contribution is 5.73. The van der Waals surface area contributed by atoms with Crippen molar-refractivity contribution >= 4 is 5.82 Å². The summed E-state index contributed by atoms with van der Waals surface area (Å²) in [5.41, 5.74) is 2.37. The Morgan fingerprint density at radius 2 is 2.05 bits per heavy atom. The molecule has 5 heteroatoms. The summed E-state index contributed by atoms with van der Waals surface area (Å²) in [6, 6.07) is 4.46. The Morgan fingerprint density at radius 1 is 1.24 bits per heavy atom. The number of nitrogens with one attached hydrogen (secondary N) is 1. The lowest BCUT2D eigenvalue weighted by atomic mass is 10.0. The van der Waals surface area contributed by atoms with Crippen LogP contribution in [0.3, 0.4) is 0 Å². The largest absolute Gasteiger partial charge is 0.496 e. The average Bonchev–Trinajstić information content (AvgIpc) is 2.49. The Balaban J connectivity index is 2.62. The second-order valence-electron chi connectivity index (χ2n) is 4.67. The molecular formula is C16H20FN3O. The predicted octanol–water partition coefficient (Wildman–Crippen LogP) is 3.68. The van der Waals surface area contributed by atoms with E-state index in [0.717, 1.165) is 36.5 Å². The summed E-state index contributed by atoms with van der Waals surface area (Å²) in [7, 11) is 1.57. The van der Waals surface area contributed by atoms with Crippen LogP contribution in [0, 0.1) is 5.82 Å². The van der Waals surface area contributed by atoms with E-state index < -0.39 is 0 Å². The van der Waals surface area contributed by atoms with Crippen molar-refractivity contribution in [2.75, 3.05) is 19.0 Å². The molecule has 0 saturated carbocycles. The van der Waals surface area contributed by atoms with Crippen molar-refractivity contribution < 1.29 is 9.13 Å². The Kier molecular flexibility index (Phi) is 5.09. The van der Waals surface area contributed by atoms with Crippen molar-refractivity contribution in [1.82, 2.24) is 9.97 Å². The number of benzene rings is 1. The summed E-state index contributed by atoms with van der Waals surface area (Å²) in [5.74, 6) is 1.10. The zero-order valence-electron chi connectivity index (χ0n) is 12.6. The van der Waals surface area contributed by atoms with Gasteiger partial charge in [-0.2, -0.15) is 0 Å². The van der Waals surface area contributed by atoms with Gasteiger partial charge in [0.1, 0.15) is 23.7 Å². The molecule has 0 spiro atoms. The van der Waals surface area contributed by atoms with Crippen LogP contribution >= 0.6 is 0 Å². The fourth-order valence-corrected chi connectivity index (χ4v) is 2.32. The standard InChI is InChI=1S/C16H20FN3O/c1-4-6-12-15(19-10-20-16(12)18-5-2)13-9-11(17)7-8-14(13)21-3/h7-10H,4-6H2,1-3H3,(H,18,19,20). The van der Waals surface area contributed by atoms with Gasteiger partial charge in [-0.05, 0) is 31.5 Å². The first-order chi connectivity index (χ1) is 10.2. The van der Waals surface area contributed by atoms with Gasteiger partial charge in [0.05, 0.1) is 12.8 Å². The number of halogens is 1. The molecule has 1 aromatic carbocycles. The highest BCUT2D eigenvalue weighted by atomic mass is 19.1. The van der Waals surface area contributed by atoms with E-state index in [4.69, 9.17) is 4.74 Å². The summed E-state index contributed by atoms with van der Waals surface area (Å²) in [4.78, 5) is 8.66. The van der Waals surface area contributed by atoms with Crippen LogP contribution in [-0.4, -0.2) is 23.6 Å². The second-order valence-corrected chi connectivity index (χ2v) is 4.67. The SMILES string of the molecule is CCCc1c(NCC)ncnc1-c1cc(F)ccc1OC. The molecule has 2 rings (SSSR count). The minimum Gasteiger partial charge on any atom is -0.496 e. The molecule has 0 fully saturated rings. The topological polar surface area (TPSA) is 47.0 Å². The van der Waals surface area contributed by atoms with E-state index in [2.05, 4.69) is 22.2 Å². The number of nitrogens with zero attached hydrogens (tertiary/aromatic N) is 2. The molecule has 1 N–H and O–H groups in total. The van der Waals surface area contributed by atoms with Gasteiger partial charge in [-0.15, -0.1) is 0 Å².